The summed E-state index contributed by atoms with van der Waals surface area (Å²) in [5, 5.41) is 48.2. The number of nitrogens with two attached hydrogens (primary N) is 4. The fourth-order valence-corrected chi connectivity index (χ4v) is 1.13. The Bertz CT molecular complexity index is 408. The van der Waals surface area contributed by atoms with Crippen LogP contribution in [0.4, 0.5) is 0 Å². The molecule has 0 aromatic rings. The van der Waals surface area contributed by atoms with Crippen LogP contribution in [0.1, 0.15) is 33.1 Å². The molecule has 176 valence electrons. The van der Waals surface area contributed by atoms with E-state index in [2.05, 4.69) is 5.73 Å². The summed E-state index contributed by atoms with van der Waals surface area (Å²) in [4.78, 5) is 29.4. The van der Waals surface area contributed by atoms with Gasteiger partial charge in [-0.1, -0.05) is 13.8 Å². The summed E-state index contributed by atoms with van der Waals surface area (Å²) in [7, 11) is 0. The van der Waals surface area contributed by atoms with E-state index in [9.17, 15) is 14.4 Å². The van der Waals surface area contributed by atoms with E-state index in [-0.39, 0.29) is 19.8 Å². The van der Waals surface area contributed by atoms with Crippen molar-refractivity contribution in [2.45, 2.75) is 51.3 Å². The Labute approximate surface area is 170 Å². The van der Waals surface area contributed by atoms with Crippen molar-refractivity contribution >= 4 is 17.9 Å². The average Bonchev–Trinajstić information content (AvgIpc) is 2.65. The summed E-state index contributed by atoms with van der Waals surface area (Å²) < 4.78 is 0. The lowest BCUT2D eigenvalue weighted by Gasteiger charge is -2.07. The van der Waals surface area contributed by atoms with E-state index < -0.39 is 36.1 Å². The first-order chi connectivity index (χ1) is 13.3. The molecule has 0 radical (unpaired) electrons. The van der Waals surface area contributed by atoms with Gasteiger partial charge in [-0.05, 0) is 31.7 Å². The van der Waals surface area contributed by atoms with Crippen LogP contribution in [0, 0.1) is 5.92 Å². The minimum Gasteiger partial charge on any atom is -0.480 e. The van der Waals surface area contributed by atoms with Gasteiger partial charge in [0.1, 0.15) is 18.2 Å². The van der Waals surface area contributed by atoms with Crippen LogP contribution in [0.3, 0.4) is 0 Å². The predicted molar refractivity (Wildman–Crippen MR) is 106 cm³/mol. The van der Waals surface area contributed by atoms with Crippen LogP contribution in [0.25, 0.3) is 0 Å². The highest BCUT2D eigenvalue weighted by Crippen LogP contribution is 2.01. The van der Waals surface area contributed by atoms with Crippen LogP contribution < -0.4 is 22.9 Å². The number of rotatable bonds is 10. The van der Waals surface area contributed by atoms with Crippen molar-refractivity contribution in [3.63, 3.8) is 0 Å². The maximum Gasteiger partial charge on any atom is 0.320 e. The van der Waals surface area contributed by atoms with Crippen LogP contribution in [0.2, 0.25) is 0 Å². The topological polar surface area (TPSA) is 277 Å². The Kier molecular flexibility index (Phi) is 28.9. The van der Waals surface area contributed by atoms with Crippen LogP contribution in [0.15, 0.2) is 0 Å². The number of hydrogen-bond acceptors (Lipinski definition) is 10. The van der Waals surface area contributed by atoms with Gasteiger partial charge < -0.3 is 53.6 Å². The summed E-state index contributed by atoms with van der Waals surface area (Å²) >= 11 is 0. The molecule has 0 aliphatic carbocycles. The second-order valence-corrected chi connectivity index (χ2v) is 6.07. The van der Waals surface area contributed by atoms with Crippen LogP contribution in [0.5, 0.6) is 0 Å². The normalized spacial score (nSPS) is 11.7. The van der Waals surface area contributed by atoms with Gasteiger partial charge >= 0.3 is 17.9 Å². The third-order valence-corrected chi connectivity index (χ3v) is 2.68. The van der Waals surface area contributed by atoms with Gasteiger partial charge in [-0.2, -0.15) is 0 Å². The number of aliphatic hydroxyl groups excluding tert-OH is 3. The summed E-state index contributed by atoms with van der Waals surface area (Å²) in [5.41, 5.74) is 20.1. The molecule has 0 rings (SSSR count). The van der Waals surface area contributed by atoms with E-state index in [0.29, 0.717) is 31.7 Å². The largest absolute Gasteiger partial charge is 0.480 e. The fraction of sp³-hybridized carbons (Fsp3) is 0.812. The molecule has 0 aromatic heterocycles. The van der Waals surface area contributed by atoms with Gasteiger partial charge in [0.15, 0.2) is 0 Å². The molecule has 2 atom stereocenters. The van der Waals surface area contributed by atoms with Crippen LogP contribution in [-0.4, -0.2) is 93.0 Å². The zero-order valence-corrected chi connectivity index (χ0v) is 17.0. The van der Waals surface area contributed by atoms with Crippen molar-refractivity contribution in [1.82, 2.24) is 0 Å². The Morgan fingerprint density at radius 3 is 1.38 bits per heavy atom. The molecule has 0 bridgehead atoms. The van der Waals surface area contributed by atoms with Gasteiger partial charge in [0.25, 0.3) is 0 Å². The van der Waals surface area contributed by atoms with Crippen molar-refractivity contribution < 1.29 is 45.0 Å². The number of hydrogen-bond donors (Lipinski definition) is 10. The minimum atomic E-state index is -0.968. The third-order valence-electron chi connectivity index (χ3n) is 2.68. The second-order valence-electron chi connectivity index (χ2n) is 6.07. The number of aliphatic hydroxyl groups is 3. The Balaban J connectivity index is -0.000000148. The minimum absolute atomic E-state index is 0.278. The van der Waals surface area contributed by atoms with Crippen molar-refractivity contribution in [3.05, 3.63) is 0 Å². The monoisotopic (exact) mass is 430 g/mol. The summed E-state index contributed by atoms with van der Waals surface area (Å²) in [6, 6.07) is -1.43. The standard InChI is InChI=1S/C6H13NO2.C5H12N2O2.C3H8O3.C2H5NO2/c1-4(2)3-5(7)6(8)9;6-3-1-2-4(7)5(8)9;4-1-3(6)2-5;3-1-2(4)5/h4-5H,3,7H2,1-2H3,(H,8,9);4H,1-3,6-7H2,(H,8,9);3-6H,1-2H2;1,3H2,(H,4,5). The molecule has 0 amide bonds. The van der Waals surface area contributed by atoms with Crippen LogP contribution >= 0.6 is 0 Å². The molecule has 0 spiro atoms. The maximum absolute atomic E-state index is 10.1. The molecule has 13 nitrogen and oxygen atoms in total. The molecule has 0 aliphatic heterocycles. The quantitative estimate of drug-likeness (QED) is 0.165. The zero-order valence-electron chi connectivity index (χ0n) is 17.0. The first-order valence-electron chi connectivity index (χ1n) is 8.78. The highest BCUT2D eigenvalue weighted by atomic mass is 16.4. The first-order valence-corrected chi connectivity index (χ1v) is 8.78. The number of carboxylic acids is 3. The SMILES string of the molecule is CC(C)CC(N)C(=O)O.NCC(=O)O.NCCCC(N)C(=O)O.OCC(O)CO. The van der Waals surface area contributed by atoms with E-state index in [1.54, 1.807) is 0 Å². The van der Waals surface area contributed by atoms with Gasteiger partial charge in [-0.25, -0.2) is 0 Å². The maximum atomic E-state index is 10.1. The lowest BCUT2D eigenvalue weighted by Crippen LogP contribution is -2.31. The molecule has 13 heteroatoms. The highest BCUT2D eigenvalue weighted by Gasteiger charge is 2.12. The fourth-order valence-electron chi connectivity index (χ4n) is 1.13. The Hall–Kier alpha value is -1.87. The van der Waals surface area contributed by atoms with Crippen molar-refractivity contribution in [1.29, 1.82) is 0 Å². The molecule has 0 aliphatic rings. The highest BCUT2D eigenvalue weighted by molar-refractivity contribution is 5.73. The molecular formula is C16H38N4O9. The van der Waals surface area contributed by atoms with Gasteiger partial charge in [0, 0.05) is 0 Å². The smallest absolute Gasteiger partial charge is 0.320 e. The van der Waals surface area contributed by atoms with E-state index in [0.717, 1.165) is 0 Å². The summed E-state index contributed by atoms with van der Waals surface area (Å²) in [5.74, 6) is -2.48. The van der Waals surface area contributed by atoms with Gasteiger partial charge in [-0.15, -0.1) is 0 Å². The lowest BCUT2D eigenvalue weighted by atomic mass is 10.1. The first kappa shape index (κ1) is 34.6. The number of carbonyl (C=O) groups is 3. The van der Waals surface area contributed by atoms with E-state index >= 15 is 0 Å². The average molecular weight is 430 g/mol. The van der Waals surface area contributed by atoms with Crippen LogP contribution in [-0.2, 0) is 14.4 Å². The van der Waals surface area contributed by atoms with Crippen molar-refractivity contribution in [2.75, 3.05) is 26.3 Å². The molecule has 14 N–H and O–H groups in total. The van der Waals surface area contributed by atoms with Gasteiger partial charge in [0.2, 0.25) is 0 Å². The zero-order chi connectivity index (χ0) is 24.0. The van der Waals surface area contributed by atoms with E-state index in [1.807, 2.05) is 13.8 Å². The molecule has 0 fully saturated rings. The lowest BCUT2D eigenvalue weighted by molar-refractivity contribution is -0.139. The summed E-state index contributed by atoms with van der Waals surface area (Å²) in [6.07, 6.45) is 0.735. The molecular weight excluding hydrogens is 392 g/mol. The molecule has 0 heterocycles. The molecule has 29 heavy (non-hydrogen) atoms. The summed E-state index contributed by atoms with van der Waals surface area (Å²) in [6.45, 7) is 3.39. The van der Waals surface area contributed by atoms with E-state index in [1.165, 1.54) is 0 Å². The molecule has 0 saturated carbocycles. The molecule has 2 unspecified atom stereocenters. The number of aliphatic carboxylic acids is 3. The van der Waals surface area contributed by atoms with Gasteiger partial charge in [-0.3, -0.25) is 14.4 Å². The van der Waals surface area contributed by atoms with Gasteiger partial charge in [0.05, 0.1) is 19.8 Å². The van der Waals surface area contributed by atoms with Crippen molar-refractivity contribution in [3.8, 4) is 0 Å². The Morgan fingerprint density at radius 1 is 0.862 bits per heavy atom. The molecule has 0 aromatic carbocycles. The van der Waals surface area contributed by atoms with E-state index in [4.69, 9.17) is 47.8 Å². The molecule has 0 saturated heterocycles. The van der Waals surface area contributed by atoms with Crippen molar-refractivity contribution in [2.24, 2.45) is 28.9 Å². The third kappa shape index (κ3) is 37.5. The Morgan fingerprint density at radius 2 is 1.24 bits per heavy atom. The predicted octanol–water partition coefficient (Wildman–Crippen LogP) is -3.06. The number of carboxylic acid groups (broad SMARTS) is 3. The second kappa shape index (κ2) is 24.2.